The van der Waals surface area contributed by atoms with Crippen molar-refractivity contribution < 1.29 is 9.53 Å². The number of allylic oxidation sites excluding steroid dienone is 2. The Bertz CT molecular complexity index is 428. The maximum absolute atomic E-state index is 12.1. The van der Waals surface area contributed by atoms with Crippen LogP contribution in [0.2, 0.25) is 0 Å². The molecule has 0 aliphatic heterocycles. The summed E-state index contributed by atoms with van der Waals surface area (Å²) in [5, 5.41) is 0. The summed E-state index contributed by atoms with van der Waals surface area (Å²) < 4.78 is 5.01. The third kappa shape index (κ3) is 3.46. The Morgan fingerprint density at radius 3 is 2.21 bits per heavy atom. The van der Waals surface area contributed by atoms with Gasteiger partial charge < -0.3 is 4.74 Å². The zero-order chi connectivity index (χ0) is 14.3. The standard InChI is InChI=1S/C17H24O2/c1-5-14(15-11-9-8-10-12-15)13-17(6-2,7-3)16(18)19-4/h5,8-12H,6-7,13H2,1-4H3/b14-5-. The molecular formula is C17H24O2. The highest BCUT2D eigenvalue weighted by molar-refractivity contribution is 5.80. The lowest BCUT2D eigenvalue weighted by atomic mass is 9.75. The topological polar surface area (TPSA) is 26.3 Å². The molecule has 0 saturated heterocycles. The second-order valence-electron chi connectivity index (χ2n) is 4.84. The van der Waals surface area contributed by atoms with Gasteiger partial charge in [0.1, 0.15) is 0 Å². The molecule has 1 rings (SSSR count). The first-order valence-electron chi connectivity index (χ1n) is 6.92. The highest BCUT2D eigenvalue weighted by Gasteiger charge is 2.36. The molecular weight excluding hydrogens is 236 g/mol. The monoisotopic (exact) mass is 260 g/mol. The summed E-state index contributed by atoms with van der Waals surface area (Å²) in [6, 6.07) is 10.2. The van der Waals surface area contributed by atoms with E-state index in [-0.39, 0.29) is 5.97 Å². The Morgan fingerprint density at radius 2 is 1.79 bits per heavy atom. The van der Waals surface area contributed by atoms with Gasteiger partial charge >= 0.3 is 5.97 Å². The normalized spacial score (nSPS) is 12.3. The van der Waals surface area contributed by atoms with Gasteiger partial charge in [-0.15, -0.1) is 0 Å². The van der Waals surface area contributed by atoms with Gasteiger partial charge in [0.2, 0.25) is 0 Å². The van der Waals surface area contributed by atoms with Crippen LogP contribution in [0.3, 0.4) is 0 Å². The van der Waals surface area contributed by atoms with Crippen molar-refractivity contribution in [1.29, 1.82) is 0 Å². The van der Waals surface area contributed by atoms with Crippen LogP contribution in [0.25, 0.3) is 5.57 Å². The van der Waals surface area contributed by atoms with Crippen LogP contribution in [-0.4, -0.2) is 13.1 Å². The van der Waals surface area contributed by atoms with E-state index in [1.165, 1.54) is 18.2 Å². The maximum atomic E-state index is 12.1. The van der Waals surface area contributed by atoms with E-state index in [1.54, 1.807) is 0 Å². The highest BCUT2D eigenvalue weighted by Crippen LogP contribution is 2.38. The molecule has 0 spiro atoms. The molecule has 2 heteroatoms. The molecule has 0 atom stereocenters. The van der Waals surface area contributed by atoms with Gasteiger partial charge in [-0.2, -0.15) is 0 Å². The maximum Gasteiger partial charge on any atom is 0.312 e. The fourth-order valence-electron chi connectivity index (χ4n) is 2.46. The zero-order valence-corrected chi connectivity index (χ0v) is 12.4. The van der Waals surface area contributed by atoms with Crippen molar-refractivity contribution >= 4 is 11.5 Å². The molecule has 0 N–H and O–H groups in total. The number of rotatable bonds is 6. The molecule has 0 unspecified atom stereocenters. The van der Waals surface area contributed by atoms with E-state index in [0.29, 0.717) is 0 Å². The van der Waals surface area contributed by atoms with Crippen LogP contribution in [0.4, 0.5) is 0 Å². The first kappa shape index (κ1) is 15.5. The Labute approximate surface area is 116 Å². The smallest absolute Gasteiger partial charge is 0.312 e. The molecule has 0 amide bonds. The minimum absolute atomic E-state index is 0.104. The molecule has 1 aromatic carbocycles. The number of esters is 1. The van der Waals surface area contributed by atoms with Crippen molar-refractivity contribution in [1.82, 2.24) is 0 Å². The lowest BCUT2D eigenvalue weighted by Gasteiger charge is -2.29. The van der Waals surface area contributed by atoms with E-state index in [1.807, 2.05) is 25.1 Å². The van der Waals surface area contributed by atoms with E-state index < -0.39 is 5.41 Å². The summed E-state index contributed by atoms with van der Waals surface area (Å²) in [7, 11) is 1.47. The fourth-order valence-corrected chi connectivity index (χ4v) is 2.46. The van der Waals surface area contributed by atoms with Crippen molar-refractivity contribution in [3.05, 3.63) is 42.0 Å². The molecule has 0 heterocycles. The predicted octanol–water partition coefficient (Wildman–Crippen LogP) is 4.46. The van der Waals surface area contributed by atoms with Gasteiger partial charge in [0.15, 0.2) is 0 Å². The lowest BCUT2D eigenvalue weighted by Crippen LogP contribution is -2.31. The Kier molecular flexibility index (Phi) is 5.81. The SMILES string of the molecule is C/C=C(/CC(CC)(CC)C(=O)OC)c1ccccc1. The van der Waals surface area contributed by atoms with Crippen LogP contribution in [0.15, 0.2) is 36.4 Å². The van der Waals surface area contributed by atoms with Gasteiger partial charge in [-0.05, 0) is 37.3 Å². The van der Waals surface area contributed by atoms with E-state index >= 15 is 0 Å². The molecule has 0 saturated carbocycles. The van der Waals surface area contributed by atoms with Crippen molar-refractivity contribution in [3.8, 4) is 0 Å². The van der Waals surface area contributed by atoms with Crippen LogP contribution >= 0.6 is 0 Å². The van der Waals surface area contributed by atoms with Gasteiger partial charge in [-0.25, -0.2) is 0 Å². The summed E-state index contributed by atoms with van der Waals surface area (Å²) in [6.45, 7) is 6.13. The van der Waals surface area contributed by atoms with Crippen LogP contribution < -0.4 is 0 Å². The molecule has 0 radical (unpaired) electrons. The zero-order valence-electron chi connectivity index (χ0n) is 12.4. The third-order valence-corrected chi connectivity index (χ3v) is 3.99. The average Bonchev–Trinajstić information content (AvgIpc) is 2.49. The molecule has 0 fully saturated rings. The number of hydrogen-bond donors (Lipinski definition) is 0. The Morgan fingerprint density at radius 1 is 1.21 bits per heavy atom. The molecule has 19 heavy (non-hydrogen) atoms. The first-order valence-corrected chi connectivity index (χ1v) is 6.92. The molecule has 0 bridgehead atoms. The van der Waals surface area contributed by atoms with E-state index in [9.17, 15) is 4.79 Å². The highest BCUT2D eigenvalue weighted by atomic mass is 16.5. The fraction of sp³-hybridized carbons (Fsp3) is 0.471. The van der Waals surface area contributed by atoms with Crippen LogP contribution in [0, 0.1) is 5.41 Å². The number of benzene rings is 1. The Hall–Kier alpha value is -1.57. The number of hydrogen-bond acceptors (Lipinski definition) is 2. The molecule has 1 aromatic rings. The average molecular weight is 260 g/mol. The quantitative estimate of drug-likeness (QED) is 0.706. The van der Waals surface area contributed by atoms with Crippen LogP contribution in [0.1, 0.15) is 45.6 Å². The first-order chi connectivity index (χ1) is 9.13. The predicted molar refractivity (Wildman–Crippen MR) is 79.7 cm³/mol. The number of carbonyl (C=O) groups is 1. The minimum atomic E-state index is -0.410. The van der Waals surface area contributed by atoms with Gasteiger partial charge in [0.25, 0.3) is 0 Å². The largest absolute Gasteiger partial charge is 0.469 e. The number of methoxy groups -OCH3 is 1. The summed E-state index contributed by atoms with van der Waals surface area (Å²) in [5.41, 5.74) is 1.97. The molecule has 0 aliphatic carbocycles. The lowest BCUT2D eigenvalue weighted by molar-refractivity contribution is -0.153. The van der Waals surface area contributed by atoms with E-state index in [2.05, 4.69) is 32.1 Å². The summed E-state index contributed by atoms with van der Waals surface area (Å²) >= 11 is 0. The molecule has 0 aromatic heterocycles. The second kappa shape index (κ2) is 7.13. The number of carbonyl (C=O) groups excluding carboxylic acids is 1. The second-order valence-corrected chi connectivity index (χ2v) is 4.84. The minimum Gasteiger partial charge on any atom is -0.469 e. The van der Waals surface area contributed by atoms with E-state index in [0.717, 1.165) is 19.3 Å². The summed E-state index contributed by atoms with van der Waals surface area (Å²) in [4.78, 5) is 12.1. The van der Waals surface area contributed by atoms with Crippen molar-refractivity contribution in [3.63, 3.8) is 0 Å². The van der Waals surface area contributed by atoms with Crippen LogP contribution in [0.5, 0.6) is 0 Å². The van der Waals surface area contributed by atoms with Gasteiger partial charge in [0, 0.05) is 0 Å². The van der Waals surface area contributed by atoms with Gasteiger partial charge in [-0.3, -0.25) is 4.79 Å². The van der Waals surface area contributed by atoms with Gasteiger partial charge in [0.05, 0.1) is 12.5 Å². The number of ether oxygens (including phenoxy) is 1. The summed E-state index contributed by atoms with van der Waals surface area (Å²) in [5.74, 6) is -0.104. The van der Waals surface area contributed by atoms with Crippen LogP contribution in [-0.2, 0) is 9.53 Å². The molecule has 104 valence electrons. The molecule has 0 aliphatic rings. The van der Waals surface area contributed by atoms with Crippen molar-refractivity contribution in [2.45, 2.75) is 40.0 Å². The van der Waals surface area contributed by atoms with Gasteiger partial charge in [-0.1, -0.05) is 50.3 Å². The van der Waals surface area contributed by atoms with Crippen molar-refractivity contribution in [2.75, 3.05) is 7.11 Å². The Balaban J connectivity index is 3.05. The van der Waals surface area contributed by atoms with E-state index in [4.69, 9.17) is 4.74 Å². The molecule has 2 nitrogen and oxygen atoms in total. The third-order valence-electron chi connectivity index (χ3n) is 3.99. The van der Waals surface area contributed by atoms with Crippen molar-refractivity contribution in [2.24, 2.45) is 5.41 Å². The summed E-state index contributed by atoms with van der Waals surface area (Å²) in [6.07, 6.45) is 4.41.